The molecule has 26 heavy (non-hydrogen) atoms. The molecule has 0 amide bonds. The van der Waals surface area contributed by atoms with Crippen LogP contribution in [0.2, 0.25) is 0 Å². The van der Waals surface area contributed by atoms with Gasteiger partial charge in [0.15, 0.2) is 6.29 Å². The van der Waals surface area contributed by atoms with Crippen molar-refractivity contribution in [1.29, 1.82) is 0 Å². The van der Waals surface area contributed by atoms with Crippen molar-refractivity contribution in [1.82, 2.24) is 0 Å². The number of esters is 1. The number of anilines is 1. The van der Waals surface area contributed by atoms with Gasteiger partial charge in [-0.05, 0) is 42.7 Å². The molecule has 1 heterocycles. The van der Waals surface area contributed by atoms with Crippen LogP contribution in [0.1, 0.15) is 24.8 Å². The summed E-state index contributed by atoms with van der Waals surface area (Å²) in [6, 6.07) is 17.8. The van der Waals surface area contributed by atoms with E-state index in [0.717, 1.165) is 42.9 Å². The number of nitrogens with zero attached hydrogens (tertiary/aromatic N) is 1. The van der Waals surface area contributed by atoms with E-state index < -0.39 is 0 Å². The quantitative estimate of drug-likeness (QED) is 0.708. The van der Waals surface area contributed by atoms with Crippen molar-refractivity contribution in [2.75, 3.05) is 25.2 Å². The average molecular weight is 355 g/mol. The Hall–Kier alpha value is -2.53. The predicted molar refractivity (Wildman–Crippen MR) is 100 cm³/mol. The number of hydrogen-bond acceptors (Lipinski definition) is 5. The zero-order chi connectivity index (χ0) is 18.2. The Kier molecular flexibility index (Phi) is 6.50. The van der Waals surface area contributed by atoms with Gasteiger partial charge in [-0.1, -0.05) is 30.3 Å². The first kappa shape index (κ1) is 18.3. The van der Waals surface area contributed by atoms with Crippen molar-refractivity contribution in [3.8, 4) is 5.75 Å². The molecule has 2 aromatic carbocycles. The monoisotopic (exact) mass is 355 g/mol. The fraction of sp³-hybridized carbons (Fsp3) is 0.381. The second-order valence-corrected chi connectivity index (χ2v) is 6.33. The maximum absolute atomic E-state index is 11.8. The molecule has 0 aliphatic carbocycles. The molecule has 3 rings (SSSR count). The lowest BCUT2D eigenvalue weighted by Gasteiger charge is -2.25. The summed E-state index contributed by atoms with van der Waals surface area (Å²) >= 11 is 0. The second kappa shape index (κ2) is 9.25. The number of rotatable bonds is 7. The molecular weight excluding hydrogens is 330 g/mol. The zero-order valence-electron chi connectivity index (χ0n) is 15.1. The standard InChI is InChI=1S/C21H25NO4/c1-24-20(23)16-22(18-7-3-2-4-8-18)15-17-10-12-19(13-11-17)26-21-9-5-6-14-25-21/h2-4,7-8,10-13,21H,5-6,9,14-16H2,1H3. The first-order valence-corrected chi connectivity index (χ1v) is 8.98. The van der Waals surface area contributed by atoms with E-state index in [4.69, 9.17) is 14.2 Å². The van der Waals surface area contributed by atoms with Crippen LogP contribution in [0, 0.1) is 0 Å². The topological polar surface area (TPSA) is 48.0 Å². The fourth-order valence-electron chi connectivity index (χ4n) is 2.95. The predicted octanol–water partition coefficient (Wildman–Crippen LogP) is 3.77. The molecule has 5 nitrogen and oxygen atoms in total. The van der Waals surface area contributed by atoms with Gasteiger partial charge in [-0.25, -0.2) is 0 Å². The van der Waals surface area contributed by atoms with E-state index in [1.165, 1.54) is 7.11 Å². The molecule has 0 radical (unpaired) electrons. The van der Waals surface area contributed by atoms with Crippen LogP contribution in [-0.4, -0.2) is 32.5 Å². The maximum atomic E-state index is 11.8. The van der Waals surface area contributed by atoms with E-state index in [-0.39, 0.29) is 18.8 Å². The molecule has 0 saturated carbocycles. The van der Waals surface area contributed by atoms with Crippen LogP contribution in [-0.2, 0) is 20.8 Å². The molecule has 1 aliphatic heterocycles. The largest absolute Gasteiger partial charge is 0.468 e. The molecule has 1 atom stereocenters. The normalized spacial score (nSPS) is 16.7. The van der Waals surface area contributed by atoms with Gasteiger partial charge in [-0.3, -0.25) is 4.79 Å². The van der Waals surface area contributed by atoms with Gasteiger partial charge in [0.05, 0.1) is 13.7 Å². The van der Waals surface area contributed by atoms with Gasteiger partial charge >= 0.3 is 5.97 Å². The van der Waals surface area contributed by atoms with Gasteiger partial charge in [-0.15, -0.1) is 0 Å². The van der Waals surface area contributed by atoms with Gasteiger partial charge in [0.2, 0.25) is 0 Å². The highest BCUT2D eigenvalue weighted by Gasteiger charge is 2.16. The lowest BCUT2D eigenvalue weighted by molar-refractivity contribution is -0.139. The Balaban J connectivity index is 1.65. The third-order valence-electron chi connectivity index (χ3n) is 4.37. The number of ether oxygens (including phenoxy) is 3. The third-order valence-corrected chi connectivity index (χ3v) is 4.37. The molecule has 0 spiro atoms. The second-order valence-electron chi connectivity index (χ2n) is 6.33. The minimum atomic E-state index is -0.261. The summed E-state index contributed by atoms with van der Waals surface area (Å²) in [5.74, 6) is 0.545. The number of benzene rings is 2. The number of para-hydroxylation sites is 1. The minimum Gasteiger partial charge on any atom is -0.468 e. The highest BCUT2D eigenvalue weighted by molar-refractivity contribution is 5.75. The summed E-state index contributed by atoms with van der Waals surface area (Å²) in [6.45, 7) is 1.58. The molecule has 1 unspecified atom stereocenters. The highest BCUT2D eigenvalue weighted by Crippen LogP contribution is 2.22. The Bertz CT molecular complexity index is 681. The van der Waals surface area contributed by atoms with Gasteiger partial charge in [-0.2, -0.15) is 0 Å². The van der Waals surface area contributed by atoms with Crippen LogP contribution in [0.15, 0.2) is 54.6 Å². The molecule has 5 heteroatoms. The highest BCUT2D eigenvalue weighted by atomic mass is 16.7. The van der Waals surface area contributed by atoms with Crippen molar-refractivity contribution in [2.24, 2.45) is 0 Å². The molecule has 1 fully saturated rings. The van der Waals surface area contributed by atoms with Crippen LogP contribution >= 0.6 is 0 Å². The number of carbonyl (C=O) groups is 1. The van der Waals surface area contributed by atoms with E-state index in [1.807, 2.05) is 59.5 Å². The van der Waals surface area contributed by atoms with Crippen molar-refractivity contribution >= 4 is 11.7 Å². The van der Waals surface area contributed by atoms with Crippen molar-refractivity contribution in [2.45, 2.75) is 32.1 Å². The molecule has 1 aliphatic rings. The van der Waals surface area contributed by atoms with Crippen LogP contribution in [0.5, 0.6) is 5.75 Å². The number of hydrogen-bond donors (Lipinski definition) is 0. The Labute approximate surface area is 154 Å². The molecule has 1 saturated heterocycles. The van der Waals surface area contributed by atoms with Crippen molar-refractivity contribution < 1.29 is 19.0 Å². The third kappa shape index (κ3) is 5.23. The Morgan fingerprint density at radius 3 is 2.54 bits per heavy atom. The first-order valence-electron chi connectivity index (χ1n) is 8.98. The van der Waals surface area contributed by atoms with Crippen LogP contribution in [0.3, 0.4) is 0 Å². The Morgan fingerprint density at radius 1 is 1.12 bits per heavy atom. The van der Waals surface area contributed by atoms with E-state index in [1.54, 1.807) is 0 Å². The van der Waals surface area contributed by atoms with E-state index in [0.29, 0.717) is 6.54 Å². The zero-order valence-corrected chi connectivity index (χ0v) is 15.1. The first-order chi connectivity index (χ1) is 12.7. The molecular formula is C21H25NO4. The molecule has 0 aromatic heterocycles. The lowest BCUT2D eigenvalue weighted by Crippen LogP contribution is -2.30. The van der Waals surface area contributed by atoms with Crippen LogP contribution in [0.25, 0.3) is 0 Å². The SMILES string of the molecule is COC(=O)CN(Cc1ccc(OC2CCCCO2)cc1)c1ccccc1. The molecule has 0 bridgehead atoms. The summed E-state index contributed by atoms with van der Waals surface area (Å²) in [7, 11) is 1.41. The summed E-state index contributed by atoms with van der Waals surface area (Å²) in [5.41, 5.74) is 2.07. The van der Waals surface area contributed by atoms with E-state index >= 15 is 0 Å². The van der Waals surface area contributed by atoms with E-state index in [2.05, 4.69) is 0 Å². The smallest absolute Gasteiger partial charge is 0.325 e. The van der Waals surface area contributed by atoms with E-state index in [9.17, 15) is 4.79 Å². The molecule has 0 N–H and O–H groups in total. The fourth-order valence-corrected chi connectivity index (χ4v) is 2.95. The minimum absolute atomic E-state index is 0.144. The number of carbonyl (C=O) groups excluding carboxylic acids is 1. The van der Waals surface area contributed by atoms with Crippen molar-refractivity contribution in [3.63, 3.8) is 0 Å². The van der Waals surface area contributed by atoms with Gasteiger partial charge in [0.1, 0.15) is 12.3 Å². The Morgan fingerprint density at radius 2 is 1.88 bits per heavy atom. The average Bonchev–Trinajstić information content (AvgIpc) is 2.70. The number of methoxy groups -OCH3 is 1. The summed E-state index contributed by atoms with van der Waals surface area (Å²) in [5, 5.41) is 0. The molecule has 138 valence electrons. The summed E-state index contributed by atoms with van der Waals surface area (Å²) in [6.07, 6.45) is 3.04. The van der Waals surface area contributed by atoms with Crippen molar-refractivity contribution in [3.05, 3.63) is 60.2 Å². The van der Waals surface area contributed by atoms with Gasteiger partial charge in [0.25, 0.3) is 0 Å². The van der Waals surface area contributed by atoms with Crippen LogP contribution in [0.4, 0.5) is 5.69 Å². The van der Waals surface area contributed by atoms with Gasteiger partial charge in [0, 0.05) is 18.7 Å². The lowest BCUT2D eigenvalue weighted by atomic mass is 10.1. The molecule has 2 aromatic rings. The summed E-state index contributed by atoms with van der Waals surface area (Å²) in [4.78, 5) is 13.8. The summed E-state index contributed by atoms with van der Waals surface area (Å²) < 4.78 is 16.3. The maximum Gasteiger partial charge on any atom is 0.325 e. The van der Waals surface area contributed by atoms with Crippen LogP contribution < -0.4 is 9.64 Å². The van der Waals surface area contributed by atoms with Gasteiger partial charge < -0.3 is 19.1 Å².